The van der Waals surface area contributed by atoms with Gasteiger partial charge in [-0.1, -0.05) is 0 Å². The van der Waals surface area contributed by atoms with Crippen LogP contribution < -0.4 is 4.74 Å². The molecule has 0 aliphatic carbocycles. The first-order valence-corrected chi connectivity index (χ1v) is 7.13. The lowest BCUT2D eigenvalue weighted by Gasteiger charge is -2.03. The first-order chi connectivity index (χ1) is 9.67. The zero-order valence-corrected chi connectivity index (χ0v) is 11.6. The van der Waals surface area contributed by atoms with Crippen LogP contribution in [0, 0.1) is 0 Å². The number of alkyl halides is 2. The molecule has 0 aromatic heterocycles. The first-order valence-electron chi connectivity index (χ1n) is 5.90. The molecule has 0 bridgehead atoms. The number of hydrogen-bond donors (Lipinski definition) is 0. The van der Waals surface area contributed by atoms with Gasteiger partial charge in [0.15, 0.2) is 0 Å². The van der Waals surface area contributed by atoms with Gasteiger partial charge < -0.3 is 4.74 Å². The molecule has 0 fully saturated rings. The zero-order chi connectivity index (χ0) is 14.4. The predicted molar refractivity (Wildman–Crippen MR) is 78.6 cm³/mol. The van der Waals surface area contributed by atoms with Gasteiger partial charge in [0.1, 0.15) is 5.75 Å². The number of nitrogens with zero attached hydrogens (tertiary/aromatic N) is 1. The van der Waals surface area contributed by atoms with Crippen molar-refractivity contribution in [1.82, 2.24) is 0 Å². The summed E-state index contributed by atoms with van der Waals surface area (Å²) in [6.07, 6.45) is 3.70. The fraction of sp³-hybridized carbons (Fsp3) is 0.133. The predicted octanol–water partition coefficient (Wildman–Crippen LogP) is 4.76. The summed E-state index contributed by atoms with van der Waals surface area (Å²) in [6.45, 7) is -2.80. The highest BCUT2D eigenvalue weighted by Crippen LogP contribution is 2.19. The summed E-state index contributed by atoms with van der Waals surface area (Å²) in [5.74, 6) is 0.140. The van der Waals surface area contributed by atoms with E-state index in [0.29, 0.717) is 0 Å². The van der Waals surface area contributed by atoms with Crippen LogP contribution in [-0.2, 0) is 0 Å². The van der Waals surface area contributed by atoms with Crippen molar-refractivity contribution >= 4 is 23.7 Å². The van der Waals surface area contributed by atoms with E-state index in [1.54, 1.807) is 30.1 Å². The molecule has 0 radical (unpaired) electrons. The lowest BCUT2D eigenvalue weighted by molar-refractivity contribution is -0.0498. The smallest absolute Gasteiger partial charge is 0.387 e. The minimum atomic E-state index is -2.80. The fourth-order valence-corrected chi connectivity index (χ4v) is 1.96. The van der Waals surface area contributed by atoms with E-state index in [-0.39, 0.29) is 5.75 Å². The first kappa shape index (κ1) is 14.5. The van der Waals surface area contributed by atoms with Crippen LogP contribution in [0.1, 0.15) is 5.56 Å². The van der Waals surface area contributed by atoms with Crippen molar-refractivity contribution in [3.8, 4) is 5.75 Å². The van der Waals surface area contributed by atoms with Gasteiger partial charge in [0.2, 0.25) is 0 Å². The molecule has 0 saturated heterocycles. The maximum absolute atomic E-state index is 12.0. The SMILES string of the molecule is CSc1ccc(N=Cc2ccc(OC(F)F)cc2)cc1. The summed E-state index contributed by atoms with van der Waals surface area (Å²) in [5.41, 5.74) is 1.66. The number of halogens is 2. The Morgan fingerprint density at radius 2 is 1.70 bits per heavy atom. The van der Waals surface area contributed by atoms with E-state index in [0.717, 1.165) is 11.3 Å². The van der Waals surface area contributed by atoms with E-state index in [4.69, 9.17) is 0 Å². The van der Waals surface area contributed by atoms with E-state index in [1.165, 1.54) is 17.0 Å². The Hall–Kier alpha value is -1.88. The number of benzene rings is 2. The van der Waals surface area contributed by atoms with Gasteiger partial charge in [0, 0.05) is 11.1 Å². The Balaban J connectivity index is 2.03. The molecule has 20 heavy (non-hydrogen) atoms. The average Bonchev–Trinajstić information content (AvgIpc) is 2.46. The molecule has 0 atom stereocenters. The summed E-state index contributed by atoms with van der Waals surface area (Å²) >= 11 is 1.67. The molecule has 0 aliphatic rings. The molecule has 2 nitrogen and oxygen atoms in total. The quantitative estimate of drug-likeness (QED) is 0.585. The van der Waals surface area contributed by atoms with Gasteiger partial charge >= 0.3 is 6.61 Å². The van der Waals surface area contributed by atoms with Crippen LogP contribution in [0.5, 0.6) is 5.75 Å². The molecular formula is C15H13F2NOS. The number of hydrogen-bond acceptors (Lipinski definition) is 3. The fourth-order valence-electron chi connectivity index (χ4n) is 1.55. The van der Waals surface area contributed by atoms with Crippen LogP contribution in [0.3, 0.4) is 0 Å². The summed E-state index contributed by atoms with van der Waals surface area (Å²) in [7, 11) is 0. The molecule has 2 rings (SSSR count). The van der Waals surface area contributed by atoms with Gasteiger partial charge in [-0.05, 0) is 60.4 Å². The van der Waals surface area contributed by atoms with E-state index >= 15 is 0 Å². The van der Waals surface area contributed by atoms with Crippen molar-refractivity contribution in [2.24, 2.45) is 4.99 Å². The molecule has 0 amide bonds. The third-order valence-electron chi connectivity index (χ3n) is 2.54. The second-order valence-electron chi connectivity index (χ2n) is 3.90. The zero-order valence-electron chi connectivity index (χ0n) is 10.8. The number of ether oxygens (including phenoxy) is 1. The minimum absolute atomic E-state index is 0.140. The summed E-state index contributed by atoms with van der Waals surface area (Å²) in [4.78, 5) is 5.50. The topological polar surface area (TPSA) is 21.6 Å². The van der Waals surface area contributed by atoms with Gasteiger partial charge in [0.05, 0.1) is 5.69 Å². The third kappa shape index (κ3) is 4.35. The summed E-state index contributed by atoms with van der Waals surface area (Å²) in [5, 5.41) is 0. The van der Waals surface area contributed by atoms with Gasteiger partial charge in [-0.2, -0.15) is 8.78 Å². The Bertz CT molecular complexity index is 567. The van der Waals surface area contributed by atoms with Gasteiger partial charge in [0.25, 0.3) is 0 Å². The van der Waals surface area contributed by atoms with Crippen LogP contribution in [-0.4, -0.2) is 19.1 Å². The molecule has 2 aromatic carbocycles. The normalized spacial score (nSPS) is 11.2. The lowest BCUT2D eigenvalue weighted by Crippen LogP contribution is -2.01. The minimum Gasteiger partial charge on any atom is -0.435 e. The molecule has 0 saturated carbocycles. The van der Waals surface area contributed by atoms with Crippen LogP contribution in [0.25, 0.3) is 0 Å². The number of thioether (sulfide) groups is 1. The molecule has 0 N–H and O–H groups in total. The Kier molecular flexibility index (Phi) is 5.12. The monoisotopic (exact) mass is 293 g/mol. The van der Waals surface area contributed by atoms with E-state index in [2.05, 4.69) is 9.73 Å². The van der Waals surface area contributed by atoms with Crippen LogP contribution in [0.15, 0.2) is 58.4 Å². The highest BCUT2D eigenvalue weighted by molar-refractivity contribution is 7.98. The molecular weight excluding hydrogens is 280 g/mol. The Morgan fingerprint density at radius 1 is 1.05 bits per heavy atom. The molecule has 0 aliphatic heterocycles. The Labute approximate surface area is 120 Å². The molecule has 0 unspecified atom stereocenters. The van der Waals surface area contributed by atoms with Crippen LogP contribution in [0.4, 0.5) is 14.5 Å². The second kappa shape index (κ2) is 7.05. The van der Waals surface area contributed by atoms with Crippen molar-refractivity contribution in [3.63, 3.8) is 0 Å². The van der Waals surface area contributed by atoms with Crippen molar-refractivity contribution < 1.29 is 13.5 Å². The number of rotatable bonds is 5. The van der Waals surface area contributed by atoms with Gasteiger partial charge in [-0.25, -0.2) is 0 Å². The van der Waals surface area contributed by atoms with Gasteiger partial charge in [-0.3, -0.25) is 4.99 Å². The maximum Gasteiger partial charge on any atom is 0.387 e. The largest absolute Gasteiger partial charge is 0.435 e. The lowest BCUT2D eigenvalue weighted by atomic mass is 10.2. The van der Waals surface area contributed by atoms with Crippen molar-refractivity contribution in [3.05, 3.63) is 54.1 Å². The maximum atomic E-state index is 12.0. The number of aliphatic imine (C=N–C) groups is 1. The molecule has 104 valence electrons. The highest BCUT2D eigenvalue weighted by atomic mass is 32.2. The molecule has 2 aromatic rings. The average molecular weight is 293 g/mol. The molecule has 0 heterocycles. The van der Waals surface area contributed by atoms with E-state index in [9.17, 15) is 8.78 Å². The van der Waals surface area contributed by atoms with Gasteiger partial charge in [-0.15, -0.1) is 11.8 Å². The van der Waals surface area contributed by atoms with E-state index in [1.807, 2.05) is 30.5 Å². The van der Waals surface area contributed by atoms with Crippen molar-refractivity contribution in [1.29, 1.82) is 0 Å². The molecule has 5 heteroatoms. The van der Waals surface area contributed by atoms with Crippen molar-refractivity contribution in [2.45, 2.75) is 11.5 Å². The second-order valence-corrected chi connectivity index (χ2v) is 4.78. The highest BCUT2D eigenvalue weighted by Gasteiger charge is 2.02. The summed E-state index contributed by atoms with van der Waals surface area (Å²) < 4.78 is 28.3. The third-order valence-corrected chi connectivity index (χ3v) is 3.28. The molecule has 0 spiro atoms. The van der Waals surface area contributed by atoms with E-state index < -0.39 is 6.61 Å². The van der Waals surface area contributed by atoms with Crippen molar-refractivity contribution in [2.75, 3.05) is 6.26 Å². The van der Waals surface area contributed by atoms with Crippen LogP contribution >= 0.6 is 11.8 Å². The summed E-state index contributed by atoms with van der Waals surface area (Å²) in [6, 6.07) is 14.2. The Morgan fingerprint density at radius 3 is 2.25 bits per heavy atom. The van der Waals surface area contributed by atoms with Crippen LogP contribution in [0.2, 0.25) is 0 Å². The standard InChI is InChI=1S/C15H13F2NOS/c1-20-14-8-4-12(5-9-14)18-10-11-2-6-13(7-3-11)19-15(16)17/h2-10,15H,1H3.